The molecule has 8 heteroatoms. The molecule has 1 fully saturated rings. The fourth-order valence-electron chi connectivity index (χ4n) is 3.28. The first-order chi connectivity index (χ1) is 13.5. The first-order valence-electron chi connectivity index (χ1n) is 9.16. The van der Waals surface area contributed by atoms with Gasteiger partial charge in [0.1, 0.15) is 0 Å². The van der Waals surface area contributed by atoms with Gasteiger partial charge in [0, 0.05) is 21.4 Å². The monoisotopic (exact) mass is 420 g/mol. The second kappa shape index (κ2) is 9.66. The zero-order chi connectivity index (χ0) is 19.9. The molecule has 148 valence electrons. The standard InChI is InChI=1S/C20H22Cl2N4O2/c21-13-5-3-7-15(11-13)23-19(27)25-17-9-1-2-10-18(17)26-20(28)24-16-8-4-6-14(22)12-16/h3-8,11-12,17-18H,1-2,9-10H2,(H2,23,25,27)(H2,24,26,28). The molecule has 2 aromatic carbocycles. The van der Waals surface area contributed by atoms with Crippen LogP contribution in [0.1, 0.15) is 25.7 Å². The first kappa shape index (κ1) is 20.3. The van der Waals surface area contributed by atoms with E-state index < -0.39 is 0 Å². The summed E-state index contributed by atoms with van der Waals surface area (Å²) in [6.07, 6.45) is 3.59. The molecule has 1 aliphatic carbocycles. The summed E-state index contributed by atoms with van der Waals surface area (Å²) in [5.41, 5.74) is 1.23. The average molecular weight is 421 g/mol. The van der Waals surface area contributed by atoms with Crippen LogP contribution in [0.3, 0.4) is 0 Å². The van der Waals surface area contributed by atoms with Gasteiger partial charge in [0.25, 0.3) is 0 Å². The van der Waals surface area contributed by atoms with E-state index in [0.717, 1.165) is 25.7 Å². The van der Waals surface area contributed by atoms with Gasteiger partial charge >= 0.3 is 12.1 Å². The molecule has 2 unspecified atom stereocenters. The molecule has 2 aromatic rings. The molecule has 0 spiro atoms. The Morgan fingerprint density at radius 2 is 1.18 bits per heavy atom. The molecule has 0 aromatic heterocycles. The summed E-state index contributed by atoms with van der Waals surface area (Å²) in [6.45, 7) is 0. The summed E-state index contributed by atoms with van der Waals surface area (Å²) < 4.78 is 0. The van der Waals surface area contributed by atoms with Crippen molar-refractivity contribution < 1.29 is 9.59 Å². The SMILES string of the molecule is O=C(Nc1cccc(Cl)c1)NC1CCCCC1NC(=O)Nc1cccc(Cl)c1. The lowest BCUT2D eigenvalue weighted by Gasteiger charge is -2.32. The van der Waals surface area contributed by atoms with E-state index in [2.05, 4.69) is 21.3 Å². The van der Waals surface area contributed by atoms with Gasteiger partial charge in [0.05, 0.1) is 12.1 Å². The minimum Gasteiger partial charge on any atom is -0.333 e. The lowest BCUT2D eigenvalue weighted by molar-refractivity contribution is 0.225. The average Bonchev–Trinajstić information content (AvgIpc) is 2.63. The van der Waals surface area contributed by atoms with Crippen LogP contribution in [0.5, 0.6) is 0 Å². The predicted octanol–water partition coefficient (Wildman–Crippen LogP) is 5.25. The quantitative estimate of drug-likeness (QED) is 0.544. The number of anilines is 2. The van der Waals surface area contributed by atoms with Crippen molar-refractivity contribution in [3.05, 3.63) is 58.6 Å². The second-order valence-electron chi connectivity index (χ2n) is 6.72. The molecule has 0 bridgehead atoms. The van der Waals surface area contributed by atoms with Gasteiger partial charge in [-0.25, -0.2) is 9.59 Å². The van der Waals surface area contributed by atoms with Gasteiger partial charge in [-0.3, -0.25) is 0 Å². The summed E-state index contributed by atoms with van der Waals surface area (Å²) in [6, 6.07) is 12.9. The Morgan fingerprint density at radius 3 is 1.57 bits per heavy atom. The van der Waals surface area contributed by atoms with Crippen molar-refractivity contribution in [1.29, 1.82) is 0 Å². The third-order valence-corrected chi connectivity index (χ3v) is 5.03. The zero-order valence-corrected chi connectivity index (χ0v) is 16.7. The summed E-state index contributed by atoms with van der Waals surface area (Å²) in [7, 11) is 0. The fourth-order valence-corrected chi connectivity index (χ4v) is 3.66. The second-order valence-corrected chi connectivity index (χ2v) is 7.59. The fraction of sp³-hybridized carbons (Fsp3) is 0.300. The molecule has 28 heavy (non-hydrogen) atoms. The molecule has 0 radical (unpaired) electrons. The number of carbonyl (C=O) groups is 2. The number of hydrogen-bond donors (Lipinski definition) is 4. The number of benzene rings is 2. The molecule has 4 N–H and O–H groups in total. The van der Waals surface area contributed by atoms with E-state index >= 15 is 0 Å². The maximum atomic E-state index is 12.3. The highest BCUT2D eigenvalue weighted by Gasteiger charge is 2.28. The Hall–Kier alpha value is -2.44. The lowest BCUT2D eigenvalue weighted by atomic mass is 9.90. The molecule has 3 rings (SSSR count). The molecule has 1 saturated carbocycles. The maximum absolute atomic E-state index is 12.3. The van der Waals surface area contributed by atoms with Crippen molar-refractivity contribution in [3.63, 3.8) is 0 Å². The van der Waals surface area contributed by atoms with Crippen LogP contribution in [-0.4, -0.2) is 24.1 Å². The van der Waals surface area contributed by atoms with Gasteiger partial charge in [-0.05, 0) is 49.2 Å². The number of carbonyl (C=O) groups excluding carboxylic acids is 2. The van der Waals surface area contributed by atoms with Crippen LogP contribution < -0.4 is 21.3 Å². The van der Waals surface area contributed by atoms with Crippen LogP contribution in [0.15, 0.2) is 48.5 Å². The van der Waals surface area contributed by atoms with Crippen molar-refractivity contribution in [2.75, 3.05) is 10.6 Å². The van der Waals surface area contributed by atoms with Crippen LogP contribution in [-0.2, 0) is 0 Å². The highest BCUT2D eigenvalue weighted by Crippen LogP contribution is 2.20. The Balaban J connectivity index is 1.55. The minimum absolute atomic E-state index is 0.155. The Bertz CT molecular complexity index is 777. The molecule has 6 nitrogen and oxygen atoms in total. The summed E-state index contributed by atoms with van der Waals surface area (Å²) >= 11 is 11.9. The van der Waals surface area contributed by atoms with Crippen LogP contribution in [0, 0.1) is 0 Å². The molecular weight excluding hydrogens is 399 g/mol. The highest BCUT2D eigenvalue weighted by atomic mass is 35.5. The predicted molar refractivity (Wildman–Crippen MR) is 113 cm³/mol. The number of hydrogen-bond acceptors (Lipinski definition) is 2. The molecule has 0 heterocycles. The van der Waals surface area contributed by atoms with E-state index in [4.69, 9.17) is 23.2 Å². The van der Waals surface area contributed by atoms with Crippen molar-refractivity contribution in [3.8, 4) is 0 Å². The van der Waals surface area contributed by atoms with Gasteiger partial charge in [0.15, 0.2) is 0 Å². The third kappa shape index (κ3) is 6.04. The maximum Gasteiger partial charge on any atom is 0.319 e. The van der Waals surface area contributed by atoms with E-state index in [1.807, 2.05) is 0 Å². The summed E-state index contributed by atoms with van der Waals surface area (Å²) in [5.74, 6) is 0. The van der Waals surface area contributed by atoms with Crippen molar-refractivity contribution in [2.45, 2.75) is 37.8 Å². The number of amides is 4. The molecule has 2 atom stereocenters. The Labute approximate surface area is 174 Å². The van der Waals surface area contributed by atoms with Crippen molar-refractivity contribution in [1.82, 2.24) is 10.6 Å². The van der Waals surface area contributed by atoms with E-state index in [1.165, 1.54) is 0 Å². The van der Waals surface area contributed by atoms with Crippen molar-refractivity contribution >= 4 is 46.6 Å². The van der Waals surface area contributed by atoms with E-state index in [0.29, 0.717) is 21.4 Å². The number of urea groups is 2. The molecular formula is C20H22Cl2N4O2. The molecule has 4 amide bonds. The van der Waals surface area contributed by atoms with Crippen LogP contribution >= 0.6 is 23.2 Å². The number of nitrogens with one attached hydrogen (secondary N) is 4. The number of rotatable bonds is 4. The van der Waals surface area contributed by atoms with Crippen LogP contribution in [0.25, 0.3) is 0 Å². The highest BCUT2D eigenvalue weighted by molar-refractivity contribution is 6.31. The van der Waals surface area contributed by atoms with Crippen LogP contribution in [0.4, 0.5) is 21.0 Å². The Morgan fingerprint density at radius 1 is 0.750 bits per heavy atom. The lowest BCUT2D eigenvalue weighted by Crippen LogP contribution is -2.54. The number of halogens is 2. The van der Waals surface area contributed by atoms with E-state index in [-0.39, 0.29) is 24.1 Å². The Kier molecular flexibility index (Phi) is 7.01. The molecule has 0 aliphatic heterocycles. The first-order valence-corrected chi connectivity index (χ1v) is 9.91. The van der Waals surface area contributed by atoms with E-state index in [1.54, 1.807) is 48.5 Å². The van der Waals surface area contributed by atoms with Crippen molar-refractivity contribution in [2.24, 2.45) is 0 Å². The van der Waals surface area contributed by atoms with Gasteiger partial charge in [-0.2, -0.15) is 0 Å². The third-order valence-electron chi connectivity index (χ3n) is 4.56. The topological polar surface area (TPSA) is 82.3 Å². The van der Waals surface area contributed by atoms with Gasteiger partial charge in [0.2, 0.25) is 0 Å². The molecule has 1 aliphatic rings. The van der Waals surface area contributed by atoms with E-state index in [9.17, 15) is 9.59 Å². The minimum atomic E-state index is -0.323. The molecule has 0 saturated heterocycles. The van der Waals surface area contributed by atoms with Crippen LogP contribution in [0.2, 0.25) is 10.0 Å². The normalized spacial score (nSPS) is 18.8. The van der Waals surface area contributed by atoms with Gasteiger partial charge in [-0.1, -0.05) is 48.2 Å². The zero-order valence-electron chi connectivity index (χ0n) is 15.2. The summed E-state index contributed by atoms with van der Waals surface area (Å²) in [5, 5.41) is 12.6. The largest absolute Gasteiger partial charge is 0.333 e. The smallest absolute Gasteiger partial charge is 0.319 e. The van der Waals surface area contributed by atoms with Gasteiger partial charge < -0.3 is 21.3 Å². The van der Waals surface area contributed by atoms with Gasteiger partial charge in [-0.15, -0.1) is 0 Å². The summed E-state index contributed by atoms with van der Waals surface area (Å²) in [4.78, 5) is 24.7.